The molecule has 0 atom stereocenters. The average molecular weight is 160 g/mol. The molecule has 0 heterocycles. The number of carbonyl (C=O) groups is 1. The molecule has 0 aromatic rings. The van der Waals surface area contributed by atoms with Crippen LogP contribution in [0.2, 0.25) is 0 Å². The van der Waals surface area contributed by atoms with Crippen molar-refractivity contribution in [1.82, 2.24) is 0 Å². The van der Waals surface area contributed by atoms with Gasteiger partial charge in [-0.2, -0.15) is 0 Å². The van der Waals surface area contributed by atoms with Crippen molar-refractivity contribution in [3.05, 3.63) is 0 Å². The van der Waals surface area contributed by atoms with Crippen LogP contribution in [0.4, 0.5) is 0 Å². The van der Waals surface area contributed by atoms with E-state index in [1.54, 1.807) is 0 Å². The summed E-state index contributed by atoms with van der Waals surface area (Å²) < 4.78 is 0. The smallest absolute Gasteiger partial charge is 0.303 e. The normalized spacial score (nSPS) is 11.5. The van der Waals surface area contributed by atoms with E-state index in [1.807, 2.05) is 13.8 Å². The van der Waals surface area contributed by atoms with E-state index in [0.29, 0.717) is 6.42 Å². The molecule has 0 aliphatic carbocycles. The van der Waals surface area contributed by atoms with Gasteiger partial charge >= 0.3 is 5.97 Å². The average Bonchev–Trinajstić information content (AvgIpc) is 1.81. The molecule has 0 aliphatic rings. The standard InChI is InChI=1S/C8H16O3/c1-8(2,4-3-5-9)6-7(10)11/h9H,3-6H2,1-2H3,(H,10,11). The van der Waals surface area contributed by atoms with E-state index >= 15 is 0 Å². The number of aliphatic carboxylic acids is 1. The van der Waals surface area contributed by atoms with Gasteiger partial charge in [-0.3, -0.25) is 4.79 Å². The Hall–Kier alpha value is -0.570. The molecule has 0 saturated heterocycles. The molecule has 0 unspecified atom stereocenters. The molecule has 0 aromatic carbocycles. The van der Waals surface area contributed by atoms with Gasteiger partial charge in [0.05, 0.1) is 6.42 Å². The minimum atomic E-state index is -0.770. The van der Waals surface area contributed by atoms with Crippen molar-refractivity contribution in [2.45, 2.75) is 33.1 Å². The summed E-state index contributed by atoms with van der Waals surface area (Å²) >= 11 is 0. The van der Waals surface area contributed by atoms with E-state index in [2.05, 4.69) is 0 Å². The zero-order valence-corrected chi connectivity index (χ0v) is 7.13. The molecule has 3 nitrogen and oxygen atoms in total. The van der Waals surface area contributed by atoms with Crippen molar-refractivity contribution in [2.75, 3.05) is 6.61 Å². The van der Waals surface area contributed by atoms with E-state index in [-0.39, 0.29) is 18.4 Å². The lowest BCUT2D eigenvalue weighted by atomic mass is 9.84. The molecule has 2 N–H and O–H groups in total. The van der Waals surface area contributed by atoms with Crippen LogP contribution in [0.25, 0.3) is 0 Å². The zero-order valence-electron chi connectivity index (χ0n) is 7.13. The Morgan fingerprint density at radius 2 is 2.00 bits per heavy atom. The van der Waals surface area contributed by atoms with Crippen molar-refractivity contribution < 1.29 is 15.0 Å². The minimum absolute atomic E-state index is 0.142. The number of carboxylic acids is 1. The Morgan fingerprint density at radius 3 is 2.36 bits per heavy atom. The van der Waals surface area contributed by atoms with Crippen LogP contribution in [0.3, 0.4) is 0 Å². The quantitative estimate of drug-likeness (QED) is 0.636. The highest BCUT2D eigenvalue weighted by atomic mass is 16.4. The van der Waals surface area contributed by atoms with Gasteiger partial charge in [-0.1, -0.05) is 13.8 Å². The largest absolute Gasteiger partial charge is 0.481 e. The molecule has 0 fully saturated rings. The van der Waals surface area contributed by atoms with Gasteiger partial charge in [-0.15, -0.1) is 0 Å². The number of aliphatic hydroxyl groups is 1. The van der Waals surface area contributed by atoms with Gasteiger partial charge in [0.25, 0.3) is 0 Å². The van der Waals surface area contributed by atoms with Gasteiger partial charge in [0.15, 0.2) is 0 Å². The summed E-state index contributed by atoms with van der Waals surface area (Å²) in [7, 11) is 0. The van der Waals surface area contributed by atoms with Gasteiger partial charge in [-0.25, -0.2) is 0 Å². The maximum absolute atomic E-state index is 10.3. The molecular weight excluding hydrogens is 144 g/mol. The van der Waals surface area contributed by atoms with Gasteiger partial charge in [0.2, 0.25) is 0 Å². The topological polar surface area (TPSA) is 57.5 Å². The Labute approximate surface area is 67.0 Å². The molecule has 0 aromatic heterocycles. The lowest BCUT2D eigenvalue weighted by Crippen LogP contribution is -2.17. The minimum Gasteiger partial charge on any atom is -0.481 e. The highest BCUT2D eigenvalue weighted by Crippen LogP contribution is 2.26. The first-order valence-electron chi connectivity index (χ1n) is 3.80. The molecule has 0 radical (unpaired) electrons. The lowest BCUT2D eigenvalue weighted by molar-refractivity contribution is -0.139. The van der Waals surface area contributed by atoms with Crippen molar-refractivity contribution >= 4 is 5.97 Å². The summed E-state index contributed by atoms with van der Waals surface area (Å²) in [5, 5.41) is 17.0. The van der Waals surface area contributed by atoms with Crippen LogP contribution in [0.15, 0.2) is 0 Å². The number of aliphatic hydroxyl groups excluding tert-OH is 1. The molecule has 66 valence electrons. The highest BCUT2D eigenvalue weighted by Gasteiger charge is 2.20. The van der Waals surface area contributed by atoms with Gasteiger partial charge in [0, 0.05) is 6.61 Å². The molecular formula is C8H16O3. The van der Waals surface area contributed by atoms with E-state index in [9.17, 15) is 4.79 Å². The fraction of sp³-hybridized carbons (Fsp3) is 0.875. The SMILES string of the molecule is CC(C)(CCCO)CC(=O)O. The maximum Gasteiger partial charge on any atom is 0.303 e. The summed E-state index contributed by atoms with van der Waals surface area (Å²) in [6.07, 6.45) is 1.61. The predicted molar refractivity (Wildman–Crippen MR) is 42.4 cm³/mol. The summed E-state index contributed by atoms with van der Waals surface area (Å²) in [5.41, 5.74) is -0.186. The van der Waals surface area contributed by atoms with E-state index in [0.717, 1.165) is 6.42 Å². The highest BCUT2D eigenvalue weighted by molar-refractivity contribution is 5.67. The third kappa shape index (κ3) is 5.85. The van der Waals surface area contributed by atoms with Gasteiger partial charge < -0.3 is 10.2 Å². The van der Waals surface area contributed by atoms with Crippen molar-refractivity contribution in [2.24, 2.45) is 5.41 Å². The Morgan fingerprint density at radius 1 is 1.45 bits per heavy atom. The number of hydrogen-bond donors (Lipinski definition) is 2. The third-order valence-electron chi connectivity index (χ3n) is 1.64. The second-order valence-electron chi connectivity index (χ2n) is 3.56. The first-order chi connectivity index (χ1) is 4.98. The summed E-state index contributed by atoms with van der Waals surface area (Å²) in [6, 6.07) is 0. The van der Waals surface area contributed by atoms with Crippen molar-refractivity contribution in [3.8, 4) is 0 Å². The second kappa shape index (κ2) is 4.34. The summed E-state index contributed by atoms with van der Waals surface area (Å²) in [4.78, 5) is 10.3. The second-order valence-corrected chi connectivity index (χ2v) is 3.56. The predicted octanol–water partition coefficient (Wildman–Crippen LogP) is 1.26. The number of carboxylic acid groups (broad SMARTS) is 1. The van der Waals surface area contributed by atoms with Gasteiger partial charge in [0.1, 0.15) is 0 Å². The Kier molecular flexibility index (Phi) is 4.11. The fourth-order valence-electron chi connectivity index (χ4n) is 1.06. The van der Waals surface area contributed by atoms with Crippen LogP contribution in [0.5, 0.6) is 0 Å². The van der Waals surface area contributed by atoms with E-state index in [4.69, 9.17) is 10.2 Å². The van der Waals surface area contributed by atoms with Crippen LogP contribution < -0.4 is 0 Å². The van der Waals surface area contributed by atoms with Crippen LogP contribution in [0.1, 0.15) is 33.1 Å². The molecule has 0 rings (SSSR count). The molecule has 0 amide bonds. The first kappa shape index (κ1) is 10.4. The monoisotopic (exact) mass is 160 g/mol. The maximum atomic E-state index is 10.3. The number of rotatable bonds is 5. The van der Waals surface area contributed by atoms with Crippen LogP contribution in [-0.4, -0.2) is 22.8 Å². The van der Waals surface area contributed by atoms with Crippen molar-refractivity contribution in [1.29, 1.82) is 0 Å². The molecule has 11 heavy (non-hydrogen) atoms. The summed E-state index contributed by atoms with van der Waals surface area (Å²) in [5.74, 6) is -0.770. The van der Waals surface area contributed by atoms with Crippen molar-refractivity contribution in [3.63, 3.8) is 0 Å². The van der Waals surface area contributed by atoms with E-state index in [1.165, 1.54) is 0 Å². The third-order valence-corrected chi connectivity index (χ3v) is 1.64. The molecule has 3 heteroatoms. The van der Waals surface area contributed by atoms with Crippen LogP contribution in [0, 0.1) is 5.41 Å². The van der Waals surface area contributed by atoms with Gasteiger partial charge in [-0.05, 0) is 18.3 Å². The Bertz CT molecular complexity index is 129. The first-order valence-corrected chi connectivity index (χ1v) is 3.80. The van der Waals surface area contributed by atoms with E-state index < -0.39 is 5.97 Å². The zero-order chi connectivity index (χ0) is 8.91. The van der Waals surface area contributed by atoms with Crippen LogP contribution >= 0.6 is 0 Å². The van der Waals surface area contributed by atoms with Crippen LogP contribution in [-0.2, 0) is 4.79 Å². The lowest BCUT2D eigenvalue weighted by Gasteiger charge is -2.21. The molecule has 0 saturated carbocycles. The fourth-order valence-corrected chi connectivity index (χ4v) is 1.06. The Balaban J connectivity index is 3.70. The number of hydrogen-bond acceptors (Lipinski definition) is 2. The molecule has 0 spiro atoms. The molecule has 0 aliphatic heterocycles. The summed E-state index contributed by atoms with van der Waals surface area (Å²) in [6.45, 7) is 3.94. The molecule has 0 bridgehead atoms.